The molecule has 0 atom stereocenters. The first-order valence-corrected chi connectivity index (χ1v) is 3.65. The van der Waals surface area contributed by atoms with Crippen LogP contribution in [0.15, 0.2) is 12.1 Å². The number of halogens is 1. The summed E-state index contributed by atoms with van der Waals surface area (Å²) in [6, 6.07) is 2.08. The predicted octanol–water partition coefficient (Wildman–Crippen LogP) is 0.881. The second-order valence-electron chi connectivity index (χ2n) is 2.46. The van der Waals surface area contributed by atoms with E-state index in [0.717, 1.165) is 19.1 Å². The Morgan fingerprint density at radius 3 is 2.64 bits per heavy atom. The van der Waals surface area contributed by atoms with Crippen LogP contribution in [0.25, 0.3) is 0 Å². The van der Waals surface area contributed by atoms with Gasteiger partial charge in [-0.15, -0.1) is 0 Å². The van der Waals surface area contributed by atoms with Gasteiger partial charge in [0.1, 0.15) is 5.69 Å². The number of rotatable bonds is 2. The van der Waals surface area contributed by atoms with Gasteiger partial charge in [-0.25, -0.2) is 14.2 Å². The Bertz CT molecular complexity index is 392. The molecule has 6 heteroatoms. The molecule has 1 aromatic rings. The molecule has 74 valence electrons. The third-order valence-electron chi connectivity index (χ3n) is 1.36. The average Bonchev–Trinajstić information content (AvgIpc) is 2.07. The van der Waals surface area contributed by atoms with Gasteiger partial charge in [-0.3, -0.25) is 4.79 Å². The maximum absolute atomic E-state index is 12.9. The van der Waals surface area contributed by atoms with Gasteiger partial charge < -0.3 is 10.5 Å². The number of amides is 1. The van der Waals surface area contributed by atoms with Gasteiger partial charge in [0, 0.05) is 13.0 Å². The number of carbonyl (C=O) groups is 2. The van der Waals surface area contributed by atoms with E-state index in [2.05, 4.69) is 9.72 Å². The zero-order valence-electron chi connectivity index (χ0n) is 7.28. The summed E-state index contributed by atoms with van der Waals surface area (Å²) in [5.41, 5.74) is 4.32. The van der Waals surface area contributed by atoms with Crippen molar-refractivity contribution in [3.63, 3.8) is 0 Å². The lowest BCUT2D eigenvalue weighted by molar-refractivity contribution is 0.100. The molecular formula is C8H7FN2O3. The highest BCUT2D eigenvalue weighted by atomic mass is 19.1. The first-order valence-electron chi connectivity index (χ1n) is 3.65. The highest BCUT2D eigenvalue weighted by molar-refractivity contribution is 5.92. The summed E-state index contributed by atoms with van der Waals surface area (Å²) in [4.78, 5) is 24.6. The molecule has 0 saturated heterocycles. The fraction of sp³-hybridized carbons (Fsp3) is 0.125. The number of nitrogens with two attached hydrogens (primary N) is 1. The van der Waals surface area contributed by atoms with Crippen molar-refractivity contribution in [2.24, 2.45) is 5.73 Å². The van der Waals surface area contributed by atoms with Crippen molar-refractivity contribution in [3.8, 4) is 5.88 Å². The molecule has 1 aromatic heterocycles. The first kappa shape index (κ1) is 10.1. The topological polar surface area (TPSA) is 82.3 Å². The van der Waals surface area contributed by atoms with E-state index in [1.165, 1.54) is 0 Å². The van der Waals surface area contributed by atoms with E-state index in [-0.39, 0.29) is 11.6 Å². The number of ketones is 1. The molecule has 0 bridgehead atoms. The Morgan fingerprint density at radius 2 is 2.14 bits per heavy atom. The lowest BCUT2D eigenvalue weighted by Gasteiger charge is -2.01. The SMILES string of the molecule is CC(=O)c1nc(OC(N)=O)ccc1F. The molecule has 5 nitrogen and oxygen atoms in total. The first-order chi connectivity index (χ1) is 6.50. The molecule has 0 radical (unpaired) electrons. The third-order valence-corrected chi connectivity index (χ3v) is 1.36. The maximum atomic E-state index is 12.9. The predicted molar refractivity (Wildman–Crippen MR) is 44.4 cm³/mol. The zero-order valence-corrected chi connectivity index (χ0v) is 7.28. The Morgan fingerprint density at radius 1 is 1.50 bits per heavy atom. The van der Waals surface area contributed by atoms with Crippen molar-refractivity contribution in [2.45, 2.75) is 6.92 Å². The van der Waals surface area contributed by atoms with Crippen LogP contribution in [0.5, 0.6) is 5.88 Å². The summed E-state index contributed by atoms with van der Waals surface area (Å²) in [7, 11) is 0. The number of ether oxygens (including phenoxy) is 1. The van der Waals surface area contributed by atoms with Gasteiger partial charge in [0.2, 0.25) is 5.88 Å². The van der Waals surface area contributed by atoms with Gasteiger partial charge in [0.15, 0.2) is 11.6 Å². The van der Waals surface area contributed by atoms with E-state index < -0.39 is 17.7 Å². The number of carbonyl (C=O) groups excluding carboxylic acids is 2. The summed E-state index contributed by atoms with van der Waals surface area (Å²) in [6.45, 7) is 1.15. The van der Waals surface area contributed by atoms with E-state index in [0.29, 0.717) is 0 Å². The number of aromatic nitrogens is 1. The summed E-state index contributed by atoms with van der Waals surface area (Å²) in [5.74, 6) is -1.53. The lowest BCUT2D eigenvalue weighted by Crippen LogP contribution is -2.17. The van der Waals surface area contributed by atoms with Gasteiger partial charge in [-0.1, -0.05) is 0 Å². The second-order valence-corrected chi connectivity index (χ2v) is 2.46. The molecule has 1 heterocycles. The van der Waals surface area contributed by atoms with E-state index in [9.17, 15) is 14.0 Å². The highest BCUT2D eigenvalue weighted by Crippen LogP contribution is 2.12. The van der Waals surface area contributed by atoms with Crippen molar-refractivity contribution in [3.05, 3.63) is 23.6 Å². The molecule has 0 aliphatic carbocycles. The Kier molecular flexibility index (Phi) is 2.76. The quantitative estimate of drug-likeness (QED) is 0.715. The van der Waals surface area contributed by atoms with Gasteiger partial charge in [0.25, 0.3) is 0 Å². The summed E-state index contributed by atoms with van der Waals surface area (Å²) in [5, 5.41) is 0. The molecule has 0 aliphatic heterocycles. The fourth-order valence-electron chi connectivity index (χ4n) is 0.831. The number of pyridine rings is 1. The number of hydrogen-bond acceptors (Lipinski definition) is 4. The third kappa shape index (κ3) is 2.25. The van der Waals surface area contributed by atoms with Crippen LogP contribution in [-0.2, 0) is 0 Å². The smallest absolute Gasteiger partial charge is 0.391 e. The summed E-state index contributed by atoms with van der Waals surface area (Å²) < 4.78 is 17.3. The Hall–Kier alpha value is -1.98. The van der Waals surface area contributed by atoms with Crippen LogP contribution >= 0.6 is 0 Å². The van der Waals surface area contributed by atoms with Gasteiger partial charge in [-0.2, -0.15) is 0 Å². The number of hydrogen-bond donors (Lipinski definition) is 1. The van der Waals surface area contributed by atoms with Gasteiger partial charge >= 0.3 is 6.09 Å². The molecule has 14 heavy (non-hydrogen) atoms. The Balaban J connectivity index is 3.06. The van der Waals surface area contributed by atoms with Crippen molar-refractivity contribution < 1.29 is 18.7 Å². The molecule has 0 saturated carbocycles. The standard InChI is InChI=1S/C8H7FN2O3/c1-4(12)7-5(9)2-3-6(11-7)14-8(10)13/h2-3H,1H3,(H2,10,13). The van der Waals surface area contributed by atoms with Gasteiger partial charge in [0.05, 0.1) is 0 Å². The van der Waals surface area contributed by atoms with Gasteiger partial charge in [-0.05, 0) is 6.07 Å². The van der Waals surface area contributed by atoms with Crippen LogP contribution in [-0.4, -0.2) is 16.9 Å². The number of primary amides is 1. The lowest BCUT2D eigenvalue weighted by atomic mass is 10.2. The molecule has 0 unspecified atom stereocenters. The van der Waals surface area contributed by atoms with E-state index >= 15 is 0 Å². The zero-order chi connectivity index (χ0) is 10.7. The molecule has 1 amide bonds. The number of nitrogens with zero attached hydrogens (tertiary/aromatic N) is 1. The molecule has 1 rings (SSSR count). The molecule has 0 fully saturated rings. The highest BCUT2D eigenvalue weighted by Gasteiger charge is 2.11. The molecule has 0 spiro atoms. The molecule has 0 aliphatic rings. The maximum Gasteiger partial charge on any atom is 0.411 e. The van der Waals surface area contributed by atoms with Crippen molar-refractivity contribution in [2.75, 3.05) is 0 Å². The summed E-state index contributed by atoms with van der Waals surface area (Å²) in [6.07, 6.45) is -1.07. The van der Waals surface area contributed by atoms with Crippen LogP contribution < -0.4 is 10.5 Å². The van der Waals surface area contributed by atoms with Crippen LogP contribution in [0.3, 0.4) is 0 Å². The van der Waals surface area contributed by atoms with Crippen molar-refractivity contribution >= 4 is 11.9 Å². The molecular weight excluding hydrogens is 191 g/mol. The minimum atomic E-state index is -1.07. The minimum Gasteiger partial charge on any atom is -0.391 e. The van der Waals surface area contributed by atoms with Crippen LogP contribution in [0, 0.1) is 5.82 Å². The Labute approximate surface area is 78.7 Å². The monoisotopic (exact) mass is 198 g/mol. The minimum absolute atomic E-state index is 0.205. The van der Waals surface area contributed by atoms with Crippen LogP contribution in [0.2, 0.25) is 0 Å². The molecule has 0 aromatic carbocycles. The largest absolute Gasteiger partial charge is 0.411 e. The second kappa shape index (κ2) is 3.82. The normalized spacial score (nSPS) is 9.57. The summed E-state index contributed by atoms with van der Waals surface area (Å²) >= 11 is 0. The van der Waals surface area contributed by atoms with Crippen molar-refractivity contribution in [1.29, 1.82) is 0 Å². The number of Topliss-reactive ketones (excluding diaryl/α,β-unsaturated/α-hetero) is 1. The van der Waals surface area contributed by atoms with Crippen molar-refractivity contribution in [1.82, 2.24) is 4.98 Å². The van der Waals surface area contributed by atoms with Crippen LogP contribution in [0.1, 0.15) is 17.4 Å². The molecule has 2 N–H and O–H groups in total. The van der Waals surface area contributed by atoms with Crippen LogP contribution in [0.4, 0.5) is 9.18 Å². The fourth-order valence-corrected chi connectivity index (χ4v) is 0.831. The average molecular weight is 198 g/mol. The van der Waals surface area contributed by atoms with E-state index in [1.807, 2.05) is 0 Å². The van der Waals surface area contributed by atoms with E-state index in [4.69, 9.17) is 5.73 Å². The van der Waals surface area contributed by atoms with E-state index in [1.54, 1.807) is 0 Å².